The normalized spacial score (nSPS) is 20.8. The Labute approximate surface area is 105 Å². The van der Waals surface area contributed by atoms with E-state index in [1.165, 1.54) is 43.4 Å². The quantitative estimate of drug-likeness (QED) is 0.857. The van der Waals surface area contributed by atoms with Crippen LogP contribution in [0.3, 0.4) is 0 Å². The van der Waals surface area contributed by atoms with Crippen LogP contribution >= 0.6 is 0 Å². The van der Waals surface area contributed by atoms with Crippen molar-refractivity contribution in [2.45, 2.75) is 38.3 Å². The molecule has 2 nitrogen and oxygen atoms in total. The van der Waals surface area contributed by atoms with Crippen LogP contribution in [0.25, 0.3) is 0 Å². The van der Waals surface area contributed by atoms with Gasteiger partial charge in [0.15, 0.2) is 0 Å². The Kier molecular flexibility index (Phi) is 4.57. The van der Waals surface area contributed by atoms with E-state index < -0.39 is 0 Å². The van der Waals surface area contributed by atoms with Gasteiger partial charge in [0.2, 0.25) is 0 Å². The minimum absolute atomic E-state index is 0.687. The standard InChI is InChI=1S/C15H24N2/c1-17(2)12-14-8-4-3-7-13(14)11-15-9-5-6-10-16-15/h3-4,7-8,15-16H,5-6,9-12H2,1-2H3. The second-order valence-corrected chi connectivity index (χ2v) is 5.36. The van der Waals surface area contributed by atoms with Gasteiger partial charge in [-0.25, -0.2) is 0 Å². The summed E-state index contributed by atoms with van der Waals surface area (Å²) >= 11 is 0. The molecule has 1 atom stereocenters. The van der Waals surface area contributed by atoms with E-state index in [-0.39, 0.29) is 0 Å². The van der Waals surface area contributed by atoms with E-state index in [4.69, 9.17) is 0 Å². The van der Waals surface area contributed by atoms with Gasteiger partial charge in [-0.05, 0) is 51.0 Å². The van der Waals surface area contributed by atoms with Crippen molar-refractivity contribution >= 4 is 0 Å². The number of nitrogens with one attached hydrogen (secondary N) is 1. The fourth-order valence-electron chi connectivity index (χ4n) is 2.62. The zero-order chi connectivity index (χ0) is 12.1. The molecule has 2 heteroatoms. The van der Waals surface area contributed by atoms with Gasteiger partial charge in [0.1, 0.15) is 0 Å². The first-order chi connectivity index (χ1) is 8.25. The maximum atomic E-state index is 3.63. The molecule has 1 fully saturated rings. The van der Waals surface area contributed by atoms with Crippen LogP contribution in [0, 0.1) is 0 Å². The van der Waals surface area contributed by atoms with Crippen LogP contribution in [-0.2, 0) is 13.0 Å². The molecule has 0 saturated carbocycles. The minimum Gasteiger partial charge on any atom is -0.314 e. The molecule has 1 aromatic carbocycles. The third kappa shape index (κ3) is 3.83. The second-order valence-electron chi connectivity index (χ2n) is 5.36. The first kappa shape index (κ1) is 12.6. The third-order valence-electron chi connectivity index (χ3n) is 3.48. The Hall–Kier alpha value is -0.860. The van der Waals surface area contributed by atoms with Crippen LogP contribution in [0.5, 0.6) is 0 Å². The van der Waals surface area contributed by atoms with Crippen molar-refractivity contribution in [1.82, 2.24) is 10.2 Å². The topological polar surface area (TPSA) is 15.3 Å². The van der Waals surface area contributed by atoms with Crippen molar-refractivity contribution in [3.8, 4) is 0 Å². The Morgan fingerprint density at radius 2 is 1.94 bits per heavy atom. The molecule has 94 valence electrons. The van der Waals surface area contributed by atoms with Gasteiger partial charge >= 0.3 is 0 Å². The predicted octanol–water partition coefficient (Wildman–Crippen LogP) is 2.43. The zero-order valence-corrected chi connectivity index (χ0v) is 11.1. The molecule has 1 aromatic rings. The fraction of sp³-hybridized carbons (Fsp3) is 0.600. The SMILES string of the molecule is CN(C)Cc1ccccc1CC1CCCCN1. The van der Waals surface area contributed by atoms with Crippen molar-refractivity contribution in [2.24, 2.45) is 0 Å². The van der Waals surface area contributed by atoms with E-state index in [0.29, 0.717) is 6.04 Å². The van der Waals surface area contributed by atoms with Crippen molar-refractivity contribution in [1.29, 1.82) is 0 Å². The van der Waals surface area contributed by atoms with Crippen molar-refractivity contribution < 1.29 is 0 Å². The van der Waals surface area contributed by atoms with E-state index in [9.17, 15) is 0 Å². The lowest BCUT2D eigenvalue weighted by Crippen LogP contribution is -2.35. The average molecular weight is 232 g/mol. The summed E-state index contributed by atoms with van der Waals surface area (Å²) in [6.45, 7) is 2.24. The Morgan fingerprint density at radius 3 is 2.59 bits per heavy atom. The smallest absolute Gasteiger partial charge is 0.0230 e. The van der Waals surface area contributed by atoms with Crippen LogP contribution < -0.4 is 5.32 Å². The van der Waals surface area contributed by atoms with Gasteiger partial charge in [0.05, 0.1) is 0 Å². The Bertz CT molecular complexity index is 341. The number of hydrogen-bond donors (Lipinski definition) is 1. The number of nitrogens with zero attached hydrogens (tertiary/aromatic N) is 1. The molecule has 1 heterocycles. The highest BCUT2D eigenvalue weighted by atomic mass is 15.0. The van der Waals surface area contributed by atoms with E-state index in [0.717, 1.165) is 6.54 Å². The highest BCUT2D eigenvalue weighted by Crippen LogP contribution is 2.17. The summed E-state index contributed by atoms with van der Waals surface area (Å²) in [5.74, 6) is 0. The summed E-state index contributed by atoms with van der Waals surface area (Å²) in [7, 11) is 4.27. The Morgan fingerprint density at radius 1 is 1.18 bits per heavy atom. The maximum absolute atomic E-state index is 3.63. The number of hydrogen-bond acceptors (Lipinski definition) is 2. The van der Waals surface area contributed by atoms with Gasteiger partial charge in [0, 0.05) is 12.6 Å². The number of piperidine rings is 1. The molecule has 1 aliphatic heterocycles. The molecule has 0 spiro atoms. The maximum Gasteiger partial charge on any atom is 0.0230 e. The first-order valence-electron chi connectivity index (χ1n) is 6.70. The average Bonchev–Trinajstić information content (AvgIpc) is 2.32. The monoisotopic (exact) mass is 232 g/mol. The molecular formula is C15H24N2. The van der Waals surface area contributed by atoms with E-state index in [1.54, 1.807) is 0 Å². The molecule has 0 bridgehead atoms. The number of benzene rings is 1. The summed E-state index contributed by atoms with van der Waals surface area (Å²) in [6.07, 6.45) is 5.24. The second kappa shape index (κ2) is 6.18. The van der Waals surface area contributed by atoms with Crippen molar-refractivity contribution in [3.05, 3.63) is 35.4 Å². The van der Waals surface area contributed by atoms with E-state index >= 15 is 0 Å². The summed E-state index contributed by atoms with van der Waals surface area (Å²) in [5.41, 5.74) is 2.99. The van der Waals surface area contributed by atoms with Crippen LogP contribution in [0.4, 0.5) is 0 Å². The molecule has 1 unspecified atom stereocenters. The Balaban J connectivity index is 2.03. The molecule has 2 rings (SSSR count). The van der Waals surface area contributed by atoms with Crippen molar-refractivity contribution in [3.63, 3.8) is 0 Å². The minimum atomic E-state index is 0.687. The van der Waals surface area contributed by atoms with Crippen LogP contribution in [-0.4, -0.2) is 31.6 Å². The van der Waals surface area contributed by atoms with Gasteiger partial charge < -0.3 is 10.2 Å². The van der Waals surface area contributed by atoms with Crippen LogP contribution in [0.1, 0.15) is 30.4 Å². The fourth-order valence-corrected chi connectivity index (χ4v) is 2.62. The summed E-state index contributed by atoms with van der Waals surface area (Å²) < 4.78 is 0. The molecule has 0 amide bonds. The molecular weight excluding hydrogens is 208 g/mol. The van der Waals surface area contributed by atoms with Gasteiger partial charge in [-0.3, -0.25) is 0 Å². The van der Waals surface area contributed by atoms with Gasteiger partial charge in [-0.2, -0.15) is 0 Å². The lowest BCUT2D eigenvalue weighted by Gasteiger charge is -2.25. The third-order valence-corrected chi connectivity index (χ3v) is 3.48. The van der Waals surface area contributed by atoms with Crippen LogP contribution in [0.15, 0.2) is 24.3 Å². The van der Waals surface area contributed by atoms with Gasteiger partial charge in [-0.15, -0.1) is 0 Å². The molecule has 0 radical (unpaired) electrons. The molecule has 0 aromatic heterocycles. The highest BCUT2D eigenvalue weighted by molar-refractivity contribution is 5.28. The molecule has 1 aliphatic rings. The molecule has 0 aliphatic carbocycles. The van der Waals surface area contributed by atoms with Crippen molar-refractivity contribution in [2.75, 3.05) is 20.6 Å². The molecule has 1 N–H and O–H groups in total. The largest absolute Gasteiger partial charge is 0.314 e. The predicted molar refractivity (Wildman–Crippen MR) is 73.2 cm³/mol. The first-order valence-corrected chi connectivity index (χ1v) is 6.70. The molecule has 1 saturated heterocycles. The highest BCUT2D eigenvalue weighted by Gasteiger charge is 2.14. The van der Waals surface area contributed by atoms with E-state index in [1.807, 2.05) is 0 Å². The summed E-state index contributed by atoms with van der Waals surface area (Å²) in [6, 6.07) is 9.55. The van der Waals surface area contributed by atoms with Gasteiger partial charge in [-0.1, -0.05) is 30.7 Å². The zero-order valence-electron chi connectivity index (χ0n) is 11.1. The van der Waals surface area contributed by atoms with Crippen LogP contribution in [0.2, 0.25) is 0 Å². The summed E-state index contributed by atoms with van der Waals surface area (Å²) in [5, 5.41) is 3.63. The van der Waals surface area contributed by atoms with E-state index in [2.05, 4.69) is 48.6 Å². The lowest BCUT2D eigenvalue weighted by molar-refractivity contribution is 0.387. The lowest BCUT2D eigenvalue weighted by atomic mass is 9.95. The summed E-state index contributed by atoms with van der Waals surface area (Å²) in [4.78, 5) is 2.24. The molecule has 17 heavy (non-hydrogen) atoms. The van der Waals surface area contributed by atoms with Gasteiger partial charge in [0.25, 0.3) is 0 Å². The number of rotatable bonds is 4.